The van der Waals surface area contributed by atoms with Gasteiger partial charge < -0.3 is 5.11 Å². The van der Waals surface area contributed by atoms with Gasteiger partial charge in [0.25, 0.3) is 16.0 Å². The maximum Gasteiger partial charge on any atom is 0.353 e. The number of anilines is 1. The van der Waals surface area contributed by atoms with E-state index in [4.69, 9.17) is 9.66 Å². The number of halogens is 1. The Labute approximate surface area is 127 Å². The predicted octanol–water partition coefficient (Wildman–Crippen LogP) is 0.524. The molecule has 0 saturated carbocycles. The first-order chi connectivity index (χ1) is 9.21. The van der Waals surface area contributed by atoms with Crippen LogP contribution in [0.1, 0.15) is 0 Å². The van der Waals surface area contributed by atoms with E-state index in [1.807, 2.05) is 0 Å². The highest BCUT2D eigenvalue weighted by Gasteiger charge is 2.38. The quantitative estimate of drug-likeness (QED) is 0.426. The molecular formula is C10H7IN2O6S. The molecule has 0 fully saturated rings. The van der Waals surface area contributed by atoms with Crippen molar-refractivity contribution in [3.63, 3.8) is 0 Å². The molecule has 0 aromatic heterocycles. The lowest BCUT2D eigenvalue weighted by Gasteiger charge is -2.12. The van der Waals surface area contributed by atoms with Crippen molar-refractivity contribution in [2.24, 2.45) is 5.10 Å². The van der Waals surface area contributed by atoms with Gasteiger partial charge in [-0.25, -0.2) is 4.79 Å². The lowest BCUT2D eigenvalue weighted by atomic mass is 10.2. The Morgan fingerprint density at radius 1 is 1.30 bits per heavy atom. The van der Waals surface area contributed by atoms with Gasteiger partial charge in [-0.2, -0.15) is 18.5 Å². The molecule has 2 N–H and O–H groups in total. The number of benzene rings is 1. The van der Waals surface area contributed by atoms with Crippen molar-refractivity contribution in [2.45, 2.75) is 8.82 Å². The first-order valence-corrected chi connectivity index (χ1v) is 7.78. The summed E-state index contributed by atoms with van der Waals surface area (Å²) in [6.45, 7) is 0. The second-order valence-electron chi connectivity index (χ2n) is 3.77. The van der Waals surface area contributed by atoms with Gasteiger partial charge in [0.2, 0.25) is 0 Å². The molecule has 106 valence electrons. The standard InChI is InChI=1S/C10H7IN2O6S/c11-7-8(10(15)16)12-13(9(7)14)5-1-3-6(4-2-5)20(17,18)19/h1-4,7H,(H,15,16)(H,17,18,19). The van der Waals surface area contributed by atoms with E-state index in [0.29, 0.717) is 0 Å². The number of hydrogen-bond donors (Lipinski definition) is 2. The molecule has 1 aliphatic rings. The molecule has 0 spiro atoms. The lowest BCUT2D eigenvalue weighted by molar-refractivity contribution is -0.129. The van der Waals surface area contributed by atoms with Crippen LogP contribution in [0.5, 0.6) is 0 Å². The number of carbonyl (C=O) groups is 2. The number of carboxylic acid groups (broad SMARTS) is 1. The average molecular weight is 410 g/mol. The Morgan fingerprint density at radius 2 is 1.85 bits per heavy atom. The molecule has 1 atom stereocenters. The van der Waals surface area contributed by atoms with Gasteiger partial charge in [-0.05, 0) is 24.3 Å². The molecule has 1 amide bonds. The Kier molecular flexibility index (Phi) is 3.80. The molecule has 8 nitrogen and oxygen atoms in total. The molecule has 0 aliphatic carbocycles. The molecule has 20 heavy (non-hydrogen) atoms. The van der Waals surface area contributed by atoms with Crippen LogP contribution in [0.25, 0.3) is 0 Å². The molecular weight excluding hydrogens is 403 g/mol. The molecule has 1 aliphatic heterocycles. The monoisotopic (exact) mass is 410 g/mol. The van der Waals surface area contributed by atoms with Crippen molar-refractivity contribution < 1.29 is 27.7 Å². The van der Waals surface area contributed by atoms with Crippen LogP contribution in [0.3, 0.4) is 0 Å². The van der Waals surface area contributed by atoms with Gasteiger partial charge in [0.15, 0.2) is 5.71 Å². The number of carboxylic acids is 1. The van der Waals surface area contributed by atoms with E-state index >= 15 is 0 Å². The predicted molar refractivity (Wildman–Crippen MR) is 76.6 cm³/mol. The van der Waals surface area contributed by atoms with E-state index in [1.165, 1.54) is 12.1 Å². The Bertz CT molecular complexity index is 712. The zero-order chi connectivity index (χ0) is 15.1. The highest BCUT2D eigenvalue weighted by atomic mass is 127. The van der Waals surface area contributed by atoms with Gasteiger partial charge in [-0.1, -0.05) is 22.6 Å². The lowest BCUT2D eigenvalue weighted by Crippen LogP contribution is -2.29. The van der Waals surface area contributed by atoms with Crippen molar-refractivity contribution in [1.82, 2.24) is 0 Å². The van der Waals surface area contributed by atoms with Crippen molar-refractivity contribution in [1.29, 1.82) is 0 Å². The Morgan fingerprint density at radius 3 is 2.25 bits per heavy atom. The number of carbonyl (C=O) groups excluding carboxylic acids is 1. The minimum Gasteiger partial charge on any atom is -0.477 e. The third-order valence-corrected chi connectivity index (χ3v) is 4.46. The van der Waals surface area contributed by atoms with E-state index in [0.717, 1.165) is 17.1 Å². The van der Waals surface area contributed by atoms with Gasteiger partial charge >= 0.3 is 5.97 Å². The van der Waals surface area contributed by atoms with Crippen molar-refractivity contribution >= 4 is 56.0 Å². The number of amides is 1. The zero-order valence-electron chi connectivity index (χ0n) is 9.59. The van der Waals surface area contributed by atoms with E-state index in [1.54, 1.807) is 22.6 Å². The highest BCUT2D eigenvalue weighted by Crippen LogP contribution is 2.25. The average Bonchev–Trinajstić information content (AvgIpc) is 2.66. The normalized spacial score (nSPS) is 19.1. The fourth-order valence-electron chi connectivity index (χ4n) is 1.53. The van der Waals surface area contributed by atoms with E-state index in [9.17, 15) is 18.0 Å². The van der Waals surface area contributed by atoms with E-state index in [2.05, 4.69) is 5.10 Å². The van der Waals surface area contributed by atoms with Gasteiger partial charge in [0.1, 0.15) is 3.92 Å². The smallest absolute Gasteiger partial charge is 0.353 e. The summed E-state index contributed by atoms with van der Waals surface area (Å²) in [5.41, 5.74) is -0.0882. The summed E-state index contributed by atoms with van der Waals surface area (Å²) in [5.74, 6) is -1.84. The fraction of sp³-hybridized carbons (Fsp3) is 0.100. The number of rotatable bonds is 3. The number of hydrazone groups is 1. The number of aliphatic carboxylic acids is 1. The molecule has 1 unspecified atom stereocenters. The summed E-state index contributed by atoms with van der Waals surface area (Å²) in [4.78, 5) is 22.4. The van der Waals surface area contributed by atoms with Crippen LogP contribution in [0.2, 0.25) is 0 Å². The molecule has 2 rings (SSSR count). The van der Waals surface area contributed by atoms with Gasteiger partial charge in [-0.15, -0.1) is 0 Å². The summed E-state index contributed by atoms with van der Waals surface area (Å²) in [6, 6.07) is 4.68. The van der Waals surface area contributed by atoms with Crippen molar-refractivity contribution in [3.05, 3.63) is 24.3 Å². The summed E-state index contributed by atoms with van der Waals surface area (Å²) in [5, 5.41) is 13.5. The fourth-order valence-corrected chi connectivity index (χ4v) is 2.66. The third-order valence-electron chi connectivity index (χ3n) is 2.47. The van der Waals surface area contributed by atoms with Crippen LogP contribution in [0.4, 0.5) is 5.69 Å². The summed E-state index contributed by atoms with van der Waals surface area (Å²) < 4.78 is 29.7. The van der Waals surface area contributed by atoms with Crippen LogP contribution >= 0.6 is 22.6 Å². The highest BCUT2D eigenvalue weighted by molar-refractivity contribution is 14.1. The van der Waals surface area contributed by atoms with Crippen LogP contribution in [-0.4, -0.2) is 39.6 Å². The first kappa shape index (κ1) is 14.9. The maximum atomic E-state index is 11.9. The molecule has 0 saturated heterocycles. The number of hydrogen-bond acceptors (Lipinski definition) is 5. The number of alkyl halides is 1. The molecule has 1 aromatic carbocycles. The van der Waals surface area contributed by atoms with Gasteiger partial charge in [-0.3, -0.25) is 9.35 Å². The Hall–Kier alpha value is -1.53. The van der Waals surface area contributed by atoms with Gasteiger partial charge in [0, 0.05) is 0 Å². The first-order valence-electron chi connectivity index (χ1n) is 5.09. The molecule has 1 aromatic rings. The van der Waals surface area contributed by atoms with Crippen molar-refractivity contribution in [3.8, 4) is 0 Å². The zero-order valence-corrected chi connectivity index (χ0v) is 12.6. The summed E-state index contributed by atoms with van der Waals surface area (Å²) >= 11 is 1.66. The molecule has 1 heterocycles. The molecule has 10 heteroatoms. The van der Waals surface area contributed by atoms with Gasteiger partial charge in [0.05, 0.1) is 10.6 Å². The summed E-state index contributed by atoms with van der Waals surface area (Å²) in [7, 11) is -4.33. The van der Waals surface area contributed by atoms with Crippen LogP contribution < -0.4 is 5.01 Å². The van der Waals surface area contributed by atoms with E-state index < -0.39 is 25.9 Å². The van der Waals surface area contributed by atoms with Crippen molar-refractivity contribution in [2.75, 3.05) is 5.01 Å². The minimum absolute atomic E-state index is 0.209. The van der Waals surface area contributed by atoms with Crippen LogP contribution in [0.15, 0.2) is 34.3 Å². The van der Waals surface area contributed by atoms with E-state index in [-0.39, 0.29) is 16.3 Å². The SMILES string of the molecule is O=C(O)C1=NN(c2ccc(S(=O)(=O)O)cc2)C(=O)C1I. The topological polar surface area (TPSA) is 124 Å². The Balaban J connectivity index is 2.38. The van der Waals surface area contributed by atoms with Crippen LogP contribution in [-0.2, 0) is 19.7 Å². The second kappa shape index (κ2) is 5.10. The molecule has 0 radical (unpaired) electrons. The maximum absolute atomic E-state index is 11.9. The molecule has 0 bridgehead atoms. The second-order valence-corrected chi connectivity index (χ2v) is 6.44. The largest absolute Gasteiger partial charge is 0.477 e. The minimum atomic E-state index is -4.33. The summed E-state index contributed by atoms with van der Waals surface area (Å²) in [6.07, 6.45) is 0. The van der Waals surface area contributed by atoms with Crippen LogP contribution in [0, 0.1) is 0 Å². The third kappa shape index (κ3) is 2.66. The number of nitrogens with zero attached hydrogens (tertiary/aromatic N) is 2.